The first-order valence-electron chi connectivity index (χ1n) is 13.7. The minimum absolute atomic E-state index is 0.00446. The van der Waals surface area contributed by atoms with Crippen LogP contribution in [0.25, 0.3) is 11.0 Å². The van der Waals surface area contributed by atoms with Gasteiger partial charge in [-0.3, -0.25) is 14.3 Å². The maximum atomic E-state index is 13.7. The first-order chi connectivity index (χ1) is 16.9. The van der Waals surface area contributed by atoms with E-state index >= 15 is 0 Å². The standard InChI is InChI=1S/C27H38N3O4P/c31-27-25(11-12-35(32,33)34)28-24-9-1-2-10-26(24)30(27)23-16-20-7-4-8-21(17-23)29(20)22-14-18-5-3-6-19(13-18)15-22/h1-2,9-10,18-23H,3-8,11-17H2,(H2,32,33,34)/t18-,19+,20-,21+,22+,23+. The van der Waals surface area contributed by atoms with Gasteiger partial charge in [0.1, 0.15) is 5.69 Å². The Morgan fingerprint density at radius 2 is 1.51 bits per heavy atom. The number of hydrogen-bond acceptors (Lipinski definition) is 4. The predicted octanol–water partition coefficient (Wildman–Crippen LogP) is 4.64. The molecule has 190 valence electrons. The van der Waals surface area contributed by atoms with E-state index in [2.05, 4.69) is 9.88 Å². The van der Waals surface area contributed by atoms with Crippen LogP contribution in [0.3, 0.4) is 0 Å². The van der Waals surface area contributed by atoms with Gasteiger partial charge in [0.2, 0.25) is 0 Å². The van der Waals surface area contributed by atoms with Crippen LogP contribution >= 0.6 is 7.60 Å². The van der Waals surface area contributed by atoms with E-state index in [-0.39, 0.29) is 29.9 Å². The van der Waals surface area contributed by atoms with Crippen LogP contribution in [0.15, 0.2) is 29.1 Å². The van der Waals surface area contributed by atoms with Gasteiger partial charge in [0.05, 0.1) is 17.2 Å². The van der Waals surface area contributed by atoms with Crippen molar-refractivity contribution in [2.24, 2.45) is 11.8 Å². The molecule has 2 aliphatic heterocycles. The van der Waals surface area contributed by atoms with Gasteiger partial charge in [-0.05, 0) is 68.9 Å². The minimum atomic E-state index is -4.20. The lowest BCUT2D eigenvalue weighted by Crippen LogP contribution is -2.58. The molecule has 2 N–H and O–H groups in total. The van der Waals surface area contributed by atoms with Gasteiger partial charge in [0.15, 0.2) is 0 Å². The first-order valence-corrected chi connectivity index (χ1v) is 15.5. The molecule has 2 saturated heterocycles. The average Bonchev–Trinajstić information content (AvgIpc) is 2.81. The van der Waals surface area contributed by atoms with Crippen molar-refractivity contribution in [3.05, 3.63) is 40.3 Å². The number of piperidine rings is 2. The number of benzene rings is 1. The molecule has 2 aliphatic carbocycles. The molecule has 1 aromatic carbocycles. The van der Waals surface area contributed by atoms with Gasteiger partial charge in [0, 0.05) is 30.6 Å². The molecule has 35 heavy (non-hydrogen) atoms. The molecule has 1 aromatic heterocycles. The van der Waals surface area contributed by atoms with Gasteiger partial charge in [-0.25, -0.2) is 4.98 Å². The SMILES string of the molecule is O=c1c(CCP(=O)(O)O)nc2ccccc2n1[C@H]1C[C@H]2CCC[C@@H](C1)N2[C@H]1C[C@@H]2CCC[C@@H](C2)C1. The third-order valence-electron chi connectivity index (χ3n) is 9.40. The number of aromatic nitrogens is 2. The first kappa shape index (κ1) is 23.8. The van der Waals surface area contributed by atoms with Gasteiger partial charge in [-0.1, -0.05) is 37.8 Å². The highest BCUT2D eigenvalue weighted by atomic mass is 31.2. The highest BCUT2D eigenvalue weighted by Gasteiger charge is 2.45. The van der Waals surface area contributed by atoms with E-state index in [4.69, 9.17) is 0 Å². The van der Waals surface area contributed by atoms with Crippen LogP contribution in [0, 0.1) is 11.8 Å². The van der Waals surface area contributed by atoms with Crippen molar-refractivity contribution in [1.82, 2.24) is 14.5 Å². The fourth-order valence-electron chi connectivity index (χ4n) is 8.12. The molecular formula is C27H38N3O4P. The predicted molar refractivity (Wildman–Crippen MR) is 137 cm³/mol. The number of para-hydroxylation sites is 2. The summed E-state index contributed by atoms with van der Waals surface area (Å²) in [6, 6.07) is 9.60. The number of rotatable bonds is 5. The molecule has 3 heterocycles. The molecule has 4 bridgehead atoms. The van der Waals surface area contributed by atoms with E-state index in [0.29, 0.717) is 18.1 Å². The lowest BCUT2D eigenvalue weighted by atomic mass is 9.68. The Labute approximate surface area is 207 Å². The fourth-order valence-corrected chi connectivity index (χ4v) is 8.62. The molecule has 0 unspecified atom stereocenters. The van der Waals surface area contributed by atoms with Gasteiger partial charge < -0.3 is 14.4 Å². The Morgan fingerprint density at radius 3 is 2.20 bits per heavy atom. The molecule has 4 aliphatic rings. The lowest BCUT2D eigenvalue weighted by Gasteiger charge is -2.55. The van der Waals surface area contributed by atoms with Crippen LogP contribution in [-0.2, 0) is 11.0 Å². The smallest absolute Gasteiger partial charge is 0.324 e. The number of fused-ring (bicyclic) bond motifs is 5. The molecule has 7 nitrogen and oxygen atoms in total. The van der Waals surface area contributed by atoms with Crippen molar-refractivity contribution < 1.29 is 14.4 Å². The van der Waals surface area contributed by atoms with E-state index < -0.39 is 7.60 Å². The van der Waals surface area contributed by atoms with Crippen LogP contribution in [-0.4, -0.2) is 48.5 Å². The second-order valence-electron chi connectivity index (χ2n) is 11.7. The zero-order valence-electron chi connectivity index (χ0n) is 20.5. The minimum Gasteiger partial charge on any atom is -0.324 e. The second-order valence-corrected chi connectivity index (χ2v) is 13.5. The molecule has 8 heteroatoms. The summed E-state index contributed by atoms with van der Waals surface area (Å²) in [7, 11) is -4.20. The molecule has 0 spiro atoms. The van der Waals surface area contributed by atoms with Gasteiger partial charge in [0.25, 0.3) is 5.56 Å². The number of hydrogen-bond donors (Lipinski definition) is 2. The fraction of sp³-hybridized carbons (Fsp3) is 0.704. The molecule has 2 aromatic rings. The Bertz CT molecular complexity index is 1170. The highest BCUT2D eigenvalue weighted by Crippen LogP contribution is 2.47. The van der Waals surface area contributed by atoms with E-state index in [1.807, 2.05) is 28.8 Å². The Morgan fingerprint density at radius 1 is 0.857 bits per heavy atom. The van der Waals surface area contributed by atoms with E-state index in [0.717, 1.165) is 35.7 Å². The molecular weight excluding hydrogens is 461 g/mol. The van der Waals surface area contributed by atoms with Crippen molar-refractivity contribution in [2.75, 3.05) is 6.16 Å². The van der Waals surface area contributed by atoms with Crippen molar-refractivity contribution in [3.63, 3.8) is 0 Å². The van der Waals surface area contributed by atoms with Crippen molar-refractivity contribution in [1.29, 1.82) is 0 Å². The summed E-state index contributed by atoms with van der Waals surface area (Å²) in [5.41, 5.74) is 1.70. The largest absolute Gasteiger partial charge is 0.325 e. The van der Waals surface area contributed by atoms with Crippen LogP contribution in [0.5, 0.6) is 0 Å². The Balaban J connectivity index is 1.32. The van der Waals surface area contributed by atoms with Crippen molar-refractivity contribution >= 4 is 18.6 Å². The van der Waals surface area contributed by atoms with Crippen LogP contribution in [0.1, 0.15) is 82.4 Å². The summed E-state index contributed by atoms with van der Waals surface area (Å²) in [4.78, 5) is 39.9. The topological polar surface area (TPSA) is 95.7 Å². The van der Waals surface area contributed by atoms with Crippen LogP contribution in [0.2, 0.25) is 0 Å². The summed E-state index contributed by atoms with van der Waals surface area (Å²) in [6.45, 7) is 0. The van der Waals surface area contributed by atoms with Gasteiger partial charge >= 0.3 is 7.60 Å². The quantitative estimate of drug-likeness (QED) is 0.582. The summed E-state index contributed by atoms with van der Waals surface area (Å²) < 4.78 is 13.4. The summed E-state index contributed by atoms with van der Waals surface area (Å²) in [5.74, 6) is 1.82. The summed E-state index contributed by atoms with van der Waals surface area (Å²) >= 11 is 0. The van der Waals surface area contributed by atoms with Crippen molar-refractivity contribution in [3.8, 4) is 0 Å². The molecule has 4 fully saturated rings. The second kappa shape index (κ2) is 9.41. The van der Waals surface area contributed by atoms with E-state index in [1.165, 1.54) is 57.8 Å². The van der Waals surface area contributed by atoms with Gasteiger partial charge in [-0.15, -0.1) is 0 Å². The third kappa shape index (κ3) is 4.77. The Hall–Kier alpha value is -1.53. The number of nitrogens with zero attached hydrogens (tertiary/aromatic N) is 3. The molecule has 6 atom stereocenters. The molecule has 0 radical (unpaired) electrons. The summed E-state index contributed by atoms with van der Waals surface area (Å²) in [5, 5.41) is 0. The van der Waals surface area contributed by atoms with Crippen LogP contribution in [0.4, 0.5) is 0 Å². The maximum absolute atomic E-state index is 13.7. The Kier molecular flexibility index (Phi) is 6.41. The van der Waals surface area contributed by atoms with Crippen molar-refractivity contribution in [2.45, 2.75) is 101 Å². The lowest BCUT2D eigenvalue weighted by molar-refractivity contribution is -0.0486. The van der Waals surface area contributed by atoms with Crippen LogP contribution < -0.4 is 5.56 Å². The third-order valence-corrected chi connectivity index (χ3v) is 10.2. The van der Waals surface area contributed by atoms with Gasteiger partial charge in [-0.2, -0.15) is 0 Å². The highest BCUT2D eigenvalue weighted by molar-refractivity contribution is 7.51. The average molecular weight is 500 g/mol. The van der Waals surface area contributed by atoms with E-state index in [9.17, 15) is 19.1 Å². The zero-order chi connectivity index (χ0) is 24.2. The zero-order valence-corrected chi connectivity index (χ0v) is 21.4. The molecule has 2 saturated carbocycles. The van der Waals surface area contributed by atoms with E-state index in [1.54, 1.807) is 0 Å². The number of aryl methyl sites for hydroxylation is 1. The monoisotopic (exact) mass is 499 g/mol. The molecule has 0 amide bonds. The molecule has 6 rings (SSSR count). The summed E-state index contributed by atoms with van der Waals surface area (Å²) in [6.07, 6.45) is 13.7. The normalized spacial score (nSPS) is 33.7. The maximum Gasteiger partial charge on any atom is 0.325 e.